The molecule has 0 aromatic heterocycles. The van der Waals surface area contributed by atoms with Gasteiger partial charge in [0.1, 0.15) is 11.5 Å². The maximum Gasteiger partial charge on any atom is 0.135 e. The molecule has 0 unspecified atom stereocenters. The highest BCUT2D eigenvalue weighted by Crippen LogP contribution is 2.59. The van der Waals surface area contributed by atoms with E-state index in [0.717, 1.165) is 17.1 Å². The third-order valence-electron chi connectivity index (χ3n) is 11.3. The minimum absolute atomic E-state index is 0.480. The van der Waals surface area contributed by atoms with E-state index >= 15 is 0 Å². The number of ether oxygens (including phenoxy) is 1. The van der Waals surface area contributed by atoms with Crippen LogP contribution in [0.25, 0.3) is 66.1 Å². The van der Waals surface area contributed by atoms with Gasteiger partial charge in [-0.25, -0.2) is 0 Å². The Labute approximate surface area is 303 Å². The van der Waals surface area contributed by atoms with Crippen molar-refractivity contribution >= 4 is 21.5 Å². The number of hydrogen-bond donors (Lipinski definition) is 0. The van der Waals surface area contributed by atoms with E-state index in [9.17, 15) is 0 Å². The van der Waals surface area contributed by atoms with E-state index in [1.165, 1.54) is 82.7 Å². The molecule has 1 heteroatoms. The summed E-state index contributed by atoms with van der Waals surface area (Å²) in [6, 6.07) is 71.1. The summed E-state index contributed by atoms with van der Waals surface area (Å²) in [6.07, 6.45) is 0. The molecule has 0 radical (unpaired) electrons. The molecule has 0 saturated carbocycles. The summed E-state index contributed by atoms with van der Waals surface area (Å²) in [4.78, 5) is 0. The molecule has 52 heavy (non-hydrogen) atoms. The molecule has 0 bridgehead atoms. The number of fused-ring (bicyclic) bond motifs is 7. The van der Waals surface area contributed by atoms with Crippen molar-refractivity contribution in [2.45, 2.75) is 5.41 Å². The maximum absolute atomic E-state index is 6.48. The van der Waals surface area contributed by atoms with Crippen molar-refractivity contribution in [3.8, 4) is 56.0 Å². The molecular formula is C51H32O. The van der Waals surface area contributed by atoms with Gasteiger partial charge >= 0.3 is 0 Å². The van der Waals surface area contributed by atoms with Gasteiger partial charge in [-0.15, -0.1) is 0 Å². The van der Waals surface area contributed by atoms with Crippen LogP contribution >= 0.6 is 0 Å². The molecule has 0 atom stereocenters. The van der Waals surface area contributed by atoms with E-state index < -0.39 is 5.41 Å². The molecule has 0 N–H and O–H groups in total. The van der Waals surface area contributed by atoms with E-state index in [0.29, 0.717) is 0 Å². The van der Waals surface area contributed by atoms with Crippen molar-refractivity contribution < 1.29 is 4.74 Å². The molecule has 1 nitrogen and oxygen atoms in total. The monoisotopic (exact) mass is 660 g/mol. The lowest BCUT2D eigenvalue weighted by atomic mass is 9.67. The lowest BCUT2D eigenvalue weighted by molar-refractivity contribution is 0.487. The molecule has 242 valence electrons. The van der Waals surface area contributed by atoms with Crippen LogP contribution < -0.4 is 4.74 Å². The van der Waals surface area contributed by atoms with Crippen LogP contribution in [-0.2, 0) is 5.41 Å². The van der Waals surface area contributed by atoms with Crippen molar-refractivity contribution in [3.05, 3.63) is 216 Å². The van der Waals surface area contributed by atoms with Gasteiger partial charge in [0.15, 0.2) is 0 Å². The first-order chi connectivity index (χ1) is 25.8. The number of hydrogen-bond acceptors (Lipinski definition) is 1. The minimum atomic E-state index is -0.480. The fourth-order valence-electron chi connectivity index (χ4n) is 9.14. The summed E-state index contributed by atoms with van der Waals surface area (Å²) >= 11 is 0. The topological polar surface area (TPSA) is 9.23 Å². The van der Waals surface area contributed by atoms with Gasteiger partial charge in [0.05, 0.1) is 5.41 Å². The van der Waals surface area contributed by atoms with Gasteiger partial charge in [-0.05, 0) is 102 Å². The Morgan fingerprint density at radius 2 is 0.962 bits per heavy atom. The normalized spacial score (nSPS) is 13.3. The summed E-state index contributed by atoms with van der Waals surface area (Å²) in [5.74, 6) is 1.82. The molecule has 0 amide bonds. The van der Waals surface area contributed by atoms with Gasteiger partial charge in [0.25, 0.3) is 0 Å². The standard InChI is InChI=1S/C51H32O/c1-4-13-33(14-5-1)39-21-12-23-41-40(39)27-29-46-50(41)44-32-35(25-28-45(44)51(46,37-17-6-2-7-18-37)38-19-8-3-9-20-38)36-26-30-47-43(31-36)42-22-10-15-34-16-11-24-48(52-47)49(34)42/h1-32H. The fraction of sp³-hybridized carbons (Fsp3) is 0.0196. The predicted octanol–water partition coefficient (Wildman–Crippen LogP) is 13.5. The van der Waals surface area contributed by atoms with Gasteiger partial charge < -0.3 is 4.74 Å². The summed E-state index contributed by atoms with van der Waals surface area (Å²) in [6.45, 7) is 0. The van der Waals surface area contributed by atoms with E-state index in [-0.39, 0.29) is 0 Å². The molecule has 1 heterocycles. The highest BCUT2D eigenvalue weighted by Gasteiger charge is 2.46. The highest BCUT2D eigenvalue weighted by atomic mass is 16.5. The molecule has 11 rings (SSSR count). The van der Waals surface area contributed by atoms with Crippen molar-refractivity contribution in [1.29, 1.82) is 0 Å². The second-order valence-corrected chi connectivity index (χ2v) is 14.0. The van der Waals surface area contributed by atoms with Crippen LogP contribution in [0.3, 0.4) is 0 Å². The van der Waals surface area contributed by atoms with E-state index in [2.05, 4.69) is 194 Å². The van der Waals surface area contributed by atoms with Crippen LogP contribution in [0, 0.1) is 0 Å². The van der Waals surface area contributed by atoms with Gasteiger partial charge in [0, 0.05) is 10.9 Å². The highest BCUT2D eigenvalue weighted by molar-refractivity contribution is 6.10. The molecule has 1 aliphatic heterocycles. The summed E-state index contributed by atoms with van der Waals surface area (Å²) in [7, 11) is 0. The zero-order chi connectivity index (χ0) is 34.2. The van der Waals surface area contributed by atoms with Crippen LogP contribution in [0.5, 0.6) is 11.5 Å². The Balaban J connectivity index is 1.20. The molecule has 0 fully saturated rings. The third kappa shape index (κ3) is 4.05. The average molecular weight is 661 g/mol. The fourth-order valence-corrected chi connectivity index (χ4v) is 9.14. The van der Waals surface area contributed by atoms with Crippen molar-refractivity contribution in [2.24, 2.45) is 0 Å². The summed E-state index contributed by atoms with van der Waals surface area (Å²) in [5, 5.41) is 4.90. The van der Waals surface area contributed by atoms with Gasteiger partial charge in [-0.1, -0.05) is 170 Å². The average Bonchev–Trinajstić information content (AvgIpc) is 3.52. The van der Waals surface area contributed by atoms with Gasteiger partial charge in [0.2, 0.25) is 0 Å². The first-order valence-electron chi connectivity index (χ1n) is 18.0. The van der Waals surface area contributed by atoms with Gasteiger partial charge in [-0.3, -0.25) is 0 Å². The van der Waals surface area contributed by atoms with Crippen molar-refractivity contribution in [1.82, 2.24) is 0 Å². The van der Waals surface area contributed by atoms with Crippen LogP contribution in [0.2, 0.25) is 0 Å². The second-order valence-electron chi connectivity index (χ2n) is 14.0. The Morgan fingerprint density at radius 1 is 0.346 bits per heavy atom. The third-order valence-corrected chi connectivity index (χ3v) is 11.3. The molecule has 1 aliphatic carbocycles. The van der Waals surface area contributed by atoms with Crippen molar-refractivity contribution in [2.75, 3.05) is 0 Å². The van der Waals surface area contributed by atoms with Crippen LogP contribution in [0.1, 0.15) is 22.3 Å². The van der Waals surface area contributed by atoms with E-state index in [1.54, 1.807) is 0 Å². The van der Waals surface area contributed by atoms with Gasteiger partial charge in [-0.2, -0.15) is 0 Å². The smallest absolute Gasteiger partial charge is 0.135 e. The quantitative estimate of drug-likeness (QED) is 0.183. The maximum atomic E-state index is 6.48. The van der Waals surface area contributed by atoms with Crippen molar-refractivity contribution in [3.63, 3.8) is 0 Å². The Bertz CT molecular complexity index is 2810. The van der Waals surface area contributed by atoms with E-state index in [4.69, 9.17) is 4.74 Å². The summed E-state index contributed by atoms with van der Waals surface area (Å²) < 4.78 is 6.48. The largest absolute Gasteiger partial charge is 0.456 e. The molecule has 0 spiro atoms. The molecule has 0 saturated heterocycles. The first-order valence-corrected chi connectivity index (χ1v) is 18.0. The van der Waals surface area contributed by atoms with Crippen LogP contribution in [-0.4, -0.2) is 0 Å². The number of benzene rings is 9. The van der Waals surface area contributed by atoms with Crippen LogP contribution in [0.4, 0.5) is 0 Å². The SMILES string of the molecule is c1ccc(-c2cccc3c4c(ccc23)C(c2ccccc2)(c2ccccc2)c2ccc(-c3ccc5c(c3)-c3cccc6cccc(c36)O5)cc2-4)cc1. The van der Waals surface area contributed by atoms with E-state index in [1.807, 2.05) is 0 Å². The zero-order valence-electron chi connectivity index (χ0n) is 28.4. The Kier molecular flexibility index (Phi) is 6.23. The second kappa shape index (κ2) is 11.2. The first kappa shape index (κ1) is 29.1. The molecule has 9 aromatic carbocycles. The lowest BCUT2D eigenvalue weighted by Crippen LogP contribution is -2.28. The molecular weight excluding hydrogens is 629 g/mol. The van der Waals surface area contributed by atoms with Crippen LogP contribution in [0.15, 0.2) is 194 Å². The summed E-state index contributed by atoms with van der Waals surface area (Å²) in [5.41, 5.74) is 14.4. The predicted molar refractivity (Wildman–Crippen MR) is 215 cm³/mol. The Hall–Kier alpha value is -6.70. The number of rotatable bonds is 4. The lowest BCUT2D eigenvalue weighted by Gasteiger charge is -2.34. The molecule has 9 aromatic rings. The molecule has 2 aliphatic rings. The Morgan fingerprint density at radius 3 is 1.71 bits per heavy atom. The minimum Gasteiger partial charge on any atom is -0.456 e. The zero-order valence-corrected chi connectivity index (χ0v) is 28.4.